The van der Waals surface area contributed by atoms with Gasteiger partial charge in [-0.25, -0.2) is 4.98 Å². The van der Waals surface area contributed by atoms with Crippen LogP contribution in [0.15, 0.2) is 47.7 Å². The fourth-order valence-corrected chi connectivity index (χ4v) is 5.17. The molecule has 0 spiro atoms. The first kappa shape index (κ1) is 25.3. The van der Waals surface area contributed by atoms with Crippen LogP contribution in [-0.4, -0.2) is 50.0 Å². The minimum absolute atomic E-state index is 0.116. The molecule has 0 radical (unpaired) electrons. The number of aromatic nitrogens is 3. The van der Waals surface area contributed by atoms with E-state index in [1.54, 1.807) is 34.1 Å². The molecule has 1 amide bonds. The summed E-state index contributed by atoms with van der Waals surface area (Å²) in [6, 6.07) is 6.94. The number of carbonyl (C=O) groups excluding carboxylic acids is 1. The Bertz CT molecular complexity index is 1400. The summed E-state index contributed by atoms with van der Waals surface area (Å²) >= 11 is 5.89. The number of alkyl halides is 3. The predicted molar refractivity (Wildman–Crippen MR) is 128 cm³/mol. The van der Waals surface area contributed by atoms with Crippen LogP contribution in [-0.2, 0) is 11.3 Å². The Morgan fingerprint density at radius 1 is 1.16 bits per heavy atom. The lowest BCUT2D eigenvalue weighted by Crippen LogP contribution is -2.52. The summed E-state index contributed by atoms with van der Waals surface area (Å²) in [6.07, 6.45) is -1.63. The summed E-state index contributed by atoms with van der Waals surface area (Å²) < 4.78 is 52.2. The summed E-state index contributed by atoms with van der Waals surface area (Å²) in [5, 5.41) is 0.116. The number of carbonyl (C=O) groups is 1. The standard InChI is InChI=1S/C25H24ClF3N4O4/c1-14-12-31(13-30-14)18-5-6-19-24(35)32(9-10-33(19)23(18)34)15(2)20-7-8-21(36-20)17-4-3-16(26)11-22(17)37-25(27,28)29/h3-6,11-13,15,20-21H,7-10H2,1-2H3/t15-,20-,21+/m0/s1. The minimum Gasteiger partial charge on any atom is -0.405 e. The maximum Gasteiger partial charge on any atom is 0.573 e. The average molecular weight is 537 g/mol. The molecule has 1 saturated heterocycles. The molecule has 196 valence electrons. The van der Waals surface area contributed by atoms with Crippen molar-refractivity contribution in [1.82, 2.24) is 19.0 Å². The number of fused-ring (bicyclic) bond motifs is 1. The molecule has 0 saturated carbocycles. The number of nitrogens with zero attached hydrogens (tertiary/aromatic N) is 4. The van der Waals surface area contributed by atoms with Crippen molar-refractivity contribution in [2.75, 3.05) is 6.54 Å². The first-order valence-electron chi connectivity index (χ1n) is 11.8. The largest absolute Gasteiger partial charge is 0.573 e. The van der Waals surface area contributed by atoms with Crippen LogP contribution in [0.1, 0.15) is 47.6 Å². The van der Waals surface area contributed by atoms with Crippen molar-refractivity contribution in [3.05, 3.63) is 75.2 Å². The second kappa shape index (κ2) is 9.53. The monoisotopic (exact) mass is 536 g/mol. The van der Waals surface area contributed by atoms with Gasteiger partial charge in [-0.2, -0.15) is 0 Å². The molecule has 5 rings (SSSR count). The highest BCUT2D eigenvalue weighted by atomic mass is 35.5. The van der Waals surface area contributed by atoms with Crippen LogP contribution in [0.2, 0.25) is 5.02 Å². The van der Waals surface area contributed by atoms with Crippen LogP contribution in [0.4, 0.5) is 13.2 Å². The zero-order valence-electron chi connectivity index (χ0n) is 20.0. The predicted octanol–water partition coefficient (Wildman–Crippen LogP) is 4.66. The maximum absolute atomic E-state index is 13.4. The van der Waals surface area contributed by atoms with Crippen molar-refractivity contribution >= 4 is 17.5 Å². The maximum atomic E-state index is 13.4. The molecule has 3 aromatic rings. The number of aryl methyl sites for hydroxylation is 1. The molecule has 3 atom stereocenters. The number of halogens is 4. The van der Waals surface area contributed by atoms with Crippen LogP contribution >= 0.6 is 11.6 Å². The van der Waals surface area contributed by atoms with Crippen LogP contribution in [0.25, 0.3) is 5.69 Å². The second-order valence-corrected chi connectivity index (χ2v) is 9.63. The van der Waals surface area contributed by atoms with Crippen molar-refractivity contribution < 1.29 is 27.4 Å². The van der Waals surface area contributed by atoms with Gasteiger partial charge >= 0.3 is 6.36 Å². The average Bonchev–Trinajstić information content (AvgIpc) is 3.48. The molecule has 2 aliphatic heterocycles. The van der Waals surface area contributed by atoms with Crippen molar-refractivity contribution in [2.45, 2.75) is 57.8 Å². The molecule has 0 unspecified atom stereocenters. The third-order valence-corrected chi connectivity index (χ3v) is 7.05. The quantitative estimate of drug-likeness (QED) is 0.474. The molecular formula is C25H24ClF3N4O4. The van der Waals surface area contributed by atoms with Gasteiger partial charge < -0.3 is 23.5 Å². The fraction of sp³-hybridized carbons (Fsp3) is 0.400. The topological polar surface area (TPSA) is 78.6 Å². The Balaban J connectivity index is 1.33. The number of hydrogen-bond acceptors (Lipinski definition) is 5. The zero-order valence-corrected chi connectivity index (χ0v) is 20.8. The summed E-state index contributed by atoms with van der Waals surface area (Å²) in [5.74, 6) is -0.701. The van der Waals surface area contributed by atoms with E-state index in [4.69, 9.17) is 16.3 Å². The van der Waals surface area contributed by atoms with Gasteiger partial charge in [0.25, 0.3) is 11.5 Å². The number of hydrogen-bond donors (Lipinski definition) is 0. The third kappa shape index (κ3) is 4.97. The molecule has 0 bridgehead atoms. The second-order valence-electron chi connectivity index (χ2n) is 9.19. The first-order chi connectivity index (χ1) is 17.5. The summed E-state index contributed by atoms with van der Waals surface area (Å²) in [4.78, 5) is 32.2. The highest BCUT2D eigenvalue weighted by molar-refractivity contribution is 6.30. The fourth-order valence-electron chi connectivity index (χ4n) is 5.00. The number of benzene rings is 1. The Hall–Kier alpha value is -3.31. The van der Waals surface area contributed by atoms with E-state index < -0.39 is 24.3 Å². The van der Waals surface area contributed by atoms with Gasteiger partial charge in [0.05, 0.1) is 30.3 Å². The third-order valence-electron chi connectivity index (χ3n) is 6.82. The van der Waals surface area contributed by atoms with Gasteiger partial charge in [-0.05, 0) is 51.0 Å². The Morgan fingerprint density at radius 2 is 1.95 bits per heavy atom. The lowest BCUT2D eigenvalue weighted by atomic mass is 10.0. The van der Waals surface area contributed by atoms with Crippen molar-refractivity contribution in [3.63, 3.8) is 0 Å². The van der Waals surface area contributed by atoms with Gasteiger partial charge in [-0.1, -0.05) is 17.7 Å². The minimum atomic E-state index is -4.87. The number of imidazole rings is 1. The lowest BCUT2D eigenvalue weighted by molar-refractivity contribution is -0.275. The molecule has 1 fully saturated rings. The zero-order chi connectivity index (χ0) is 26.5. The van der Waals surface area contributed by atoms with Crippen LogP contribution < -0.4 is 10.3 Å². The van der Waals surface area contributed by atoms with Gasteiger partial charge in [0, 0.05) is 29.9 Å². The SMILES string of the molecule is Cc1cn(-c2ccc3n(c2=O)CCN([C@@H](C)[C@@H]2CC[C@H](c4ccc(Cl)cc4OC(F)(F)F)O2)C3=O)cn1. The van der Waals surface area contributed by atoms with Gasteiger partial charge in [-0.3, -0.25) is 9.59 Å². The molecule has 2 aliphatic rings. The molecule has 37 heavy (non-hydrogen) atoms. The summed E-state index contributed by atoms with van der Waals surface area (Å²) in [6.45, 7) is 4.27. The highest BCUT2D eigenvalue weighted by Crippen LogP contribution is 2.41. The van der Waals surface area contributed by atoms with E-state index in [2.05, 4.69) is 9.72 Å². The molecule has 1 aromatic carbocycles. The van der Waals surface area contributed by atoms with Gasteiger partial charge in [0.1, 0.15) is 17.1 Å². The van der Waals surface area contributed by atoms with Gasteiger partial charge in [-0.15, -0.1) is 13.2 Å². The van der Waals surface area contributed by atoms with Crippen LogP contribution in [0.5, 0.6) is 5.75 Å². The van der Waals surface area contributed by atoms with E-state index in [-0.39, 0.29) is 33.8 Å². The van der Waals surface area contributed by atoms with Crippen LogP contribution in [0, 0.1) is 6.92 Å². The van der Waals surface area contributed by atoms with E-state index in [0.717, 1.165) is 11.8 Å². The van der Waals surface area contributed by atoms with Crippen LogP contribution in [0.3, 0.4) is 0 Å². The molecule has 2 aromatic heterocycles. The number of rotatable bonds is 5. The van der Waals surface area contributed by atoms with Crippen molar-refractivity contribution in [1.29, 1.82) is 0 Å². The smallest absolute Gasteiger partial charge is 0.405 e. The van der Waals surface area contributed by atoms with Crippen molar-refractivity contribution in [2.24, 2.45) is 0 Å². The number of amides is 1. The summed E-state index contributed by atoms with van der Waals surface area (Å²) in [5.41, 5.74) is 1.41. The summed E-state index contributed by atoms with van der Waals surface area (Å²) in [7, 11) is 0. The number of ether oxygens (including phenoxy) is 2. The molecule has 8 nitrogen and oxygen atoms in total. The molecule has 4 heterocycles. The van der Waals surface area contributed by atoms with Gasteiger partial charge in [0.2, 0.25) is 0 Å². The van der Waals surface area contributed by atoms with E-state index in [9.17, 15) is 22.8 Å². The highest BCUT2D eigenvalue weighted by Gasteiger charge is 2.39. The van der Waals surface area contributed by atoms with E-state index in [0.29, 0.717) is 31.6 Å². The lowest BCUT2D eigenvalue weighted by Gasteiger charge is -2.37. The molecule has 0 aliphatic carbocycles. The molecular weight excluding hydrogens is 513 g/mol. The van der Waals surface area contributed by atoms with E-state index in [1.807, 2.05) is 13.8 Å². The molecule has 12 heteroatoms. The first-order valence-corrected chi connectivity index (χ1v) is 12.2. The number of pyridine rings is 1. The van der Waals surface area contributed by atoms with Crippen molar-refractivity contribution in [3.8, 4) is 11.4 Å². The Morgan fingerprint density at radius 3 is 2.65 bits per heavy atom. The van der Waals surface area contributed by atoms with Gasteiger partial charge in [0.15, 0.2) is 0 Å². The Kier molecular flexibility index (Phi) is 6.53. The normalized spacial score (nSPS) is 20.7. The Labute approximate surface area is 215 Å². The molecule has 0 N–H and O–H groups in total. The van der Waals surface area contributed by atoms with E-state index >= 15 is 0 Å². The van der Waals surface area contributed by atoms with E-state index in [1.165, 1.54) is 16.7 Å².